The number of benzene rings is 3. The minimum atomic E-state index is -0.207. The van der Waals surface area contributed by atoms with Gasteiger partial charge in [0.15, 0.2) is 5.71 Å². The summed E-state index contributed by atoms with van der Waals surface area (Å²) >= 11 is 6.46. The molecule has 4 rings (SSSR count). The lowest BCUT2D eigenvalue weighted by atomic mass is 9.74. The molecule has 5 heteroatoms. The van der Waals surface area contributed by atoms with Crippen LogP contribution >= 0.6 is 11.6 Å². The minimum Gasteiger partial charge on any atom is -1.00 e. The second-order valence-corrected chi connectivity index (χ2v) is 9.47. The van der Waals surface area contributed by atoms with E-state index < -0.39 is 0 Å². The lowest BCUT2D eigenvalue weighted by Crippen LogP contribution is -3.00. The van der Waals surface area contributed by atoms with Crippen molar-refractivity contribution in [2.24, 2.45) is 0 Å². The van der Waals surface area contributed by atoms with E-state index in [1.807, 2.05) is 6.07 Å². The van der Waals surface area contributed by atoms with Gasteiger partial charge in [-0.2, -0.15) is 4.58 Å². The van der Waals surface area contributed by atoms with Crippen LogP contribution in [0.3, 0.4) is 0 Å². The SMILES string of the molecule is CCN(CC)c1ccc(/C=C/C2=[N+](C)c3ccc(Cl)cc3C2(C)Cc2ccccc2)c(OC)c1.[I-]. The second kappa shape index (κ2) is 11.6. The molecule has 35 heavy (non-hydrogen) atoms. The molecule has 1 aliphatic heterocycles. The van der Waals surface area contributed by atoms with Gasteiger partial charge in [0.25, 0.3) is 0 Å². The number of nitrogens with zero attached hydrogens (tertiary/aromatic N) is 2. The summed E-state index contributed by atoms with van der Waals surface area (Å²) in [7, 11) is 3.88. The molecule has 3 aromatic rings. The van der Waals surface area contributed by atoms with Crippen molar-refractivity contribution in [3.63, 3.8) is 0 Å². The predicted molar refractivity (Wildman–Crippen MR) is 145 cm³/mol. The third kappa shape index (κ3) is 5.44. The van der Waals surface area contributed by atoms with Crippen molar-refractivity contribution in [2.45, 2.75) is 32.6 Å². The van der Waals surface area contributed by atoms with Crippen LogP contribution in [-0.2, 0) is 11.8 Å². The van der Waals surface area contributed by atoms with E-state index in [1.54, 1.807) is 7.11 Å². The van der Waals surface area contributed by atoms with E-state index in [9.17, 15) is 0 Å². The molecule has 0 amide bonds. The molecule has 3 aromatic carbocycles. The maximum atomic E-state index is 6.46. The van der Waals surface area contributed by atoms with E-state index in [0.29, 0.717) is 0 Å². The Balaban J connectivity index is 0.00000342. The van der Waals surface area contributed by atoms with Crippen LogP contribution in [0.4, 0.5) is 11.4 Å². The molecule has 0 saturated heterocycles. The van der Waals surface area contributed by atoms with Gasteiger partial charge in [0.05, 0.1) is 12.5 Å². The van der Waals surface area contributed by atoms with E-state index >= 15 is 0 Å². The summed E-state index contributed by atoms with van der Waals surface area (Å²) in [6, 6.07) is 23.4. The first-order valence-electron chi connectivity index (χ1n) is 12.0. The Morgan fingerprint density at radius 3 is 2.34 bits per heavy atom. The van der Waals surface area contributed by atoms with E-state index in [1.165, 1.54) is 28.2 Å². The normalized spacial score (nSPS) is 16.9. The van der Waals surface area contributed by atoms with Gasteiger partial charge in [-0.3, -0.25) is 0 Å². The smallest absolute Gasteiger partial charge is 0.209 e. The second-order valence-electron chi connectivity index (χ2n) is 9.03. The van der Waals surface area contributed by atoms with Crippen molar-refractivity contribution in [3.8, 4) is 5.75 Å². The number of halogens is 2. The molecule has 0 spiro atoms. The van der Waals surface area contributed by atoms with Crippen molar-refractivity contribution in [3.05, 3.63) is 94.5 Å². The number of fused-ring (bicyclic) bond motifs is 1. The molecule has 184 valence electrons. The monoisotopic (exact) mass is 600 g/mol. The fourth-order valence-corrected chi connectivity index (χ4v) is 5.33. The average Bonchev–Trinajstić information content (AvgIpc) is 3.05. The lowest BCUT2D eigenvalue weighted by Gasteiger charge is -2.23. The zero-order valence-electron chi connectivity index (χ0n) is 21.2. The van der Waals surface area contributed by atoms with Crippen molar-refractivity contribution in [1.82, 2.24) is 0 Å². The summed E-state index contributed by atoms with van der Waals surface area (Å²) in [5.74, 6) is 0.882. The van der Waals surface area contributed by atoms with Crippen LogP contribution in [0.1, 0.15) is 37.5 Å². The number of allylic oxidation sites excluding steroid dienone is 1. The fourth-order valence-electron chi connectivity index (χ4n) is 5.16. The topological polar surface area (TPSA) is 15.5 Å². The van der Waals surface area contributed by atoms with Gasteiger partial charge >= 0.3 is 0 Å². The molecule has 0 saturated carbocycles. The third-order valence-electron chi connectivity index (χ3n) is 7.01. The molecular weight excluding hydrogens is 567 g/mol. The van der Waals surface area contributed by atoms with Crippen molar-refractivity contribution in [2.75, 3.05) is 32.1 Å². The molecule has 0 bridgehead atoms. The molecule has 0 aromatic heterocycles. The Kier molecular flexibility index (Phi) is 9.05. The highest BCUT2D eigenvalue weighted by Crippen LogP contribution is 2.43. The first-order valence-corrected chi connectivity index (χ1v) is 12.3. The third-order valence-corrected chi connectivity index (χ3v) is 7.24. The number of methoxy groups -OCH3 is 1. The Morgan fingerprint density at radius 1 is 0.971 bits per heavy atom. The van der Waals surface area contributed by atoms with Crippen LogP contribution < -0.4 is 33.6 Å². The van der Waals surface area contributed by atoms with Gasteiger partial charge in [-0.25, -0.2) is 0 Å². The lowest BCUT2D eigenvalue weighted by molar-refractivity contribution is -0.401. The summed E-state index contributed by atoms with van der Waals surface area (Å²) in [6.07, 6.45) is 5.31. The number of rotatable bonds is 8. The zero-order chi connectivity index (χ0) is 24.3. The van der Waals surface area contributed by atoms with Gasteiger partial charge in [0.2, 0.25) is 5.69 Å². The van der Waals surface area contributed by atoms with Gasteiger partial charge in [-0.05, 0) is 63.1 Å². The minimum absolute atomic E-state index is 0. The van der Waals surface area contributed by atoms with E-state index in [0.717, 1.165) is 35.8 Å². The zero-order valence-corrected chi connectivity index (χ0v) is 24.1. The molecule has 1 heterocycles. The maximum Gasteiger partial charge on any atom is 0.209 e. The summed E-state index contributed by atoms with van der Waals surface area (Å²) in [5.41, 5.74) is 7.04. The Bertz CT molecular complexity index is 1230. The first-order chi connectivity index (χ1) is 16.4. The number of hydrogen-bond acceptors (Lipinski definition) is 2. The van der Waals surface area contributed by atoms with Crippen molar-refractivity contribution >= 4 is 34.8 Å². The highest BCUT2D eigenvalue weighted by atomic mass is 127. The largest absolute Gasteiger partial charge is 1.00 e. The molecule has 1 unspecified atom stereocenters. The quantitative estimate of drug-likeness (QED) is 0.285. The molecule has 0 N–H and O–H groups in total. The summed E-state index contributed by atoms with van der Waals surface area (Å²) < 4.78 is 8.07. The van der Waals surface area contributed by atoms with Crippen molar-refractivity contribution < 1.29 is 33.3 Å². The van der Waals surface area contributed by atoms with Crippen LogP contribution in [0.15, 0.2) is 72.8 Å². The maximum absolute atomic E-state index is 6.46. The van der Waals surface area contributed by atoms with E-state index in [4.69, 9.17) is 16.3 Å². The van der Waals surface area contributed by atoms with Crippen LogP contribution in [0, 0.1) is 0 Å². The molecule has 1 atom stereocenters. The van der Waals surface area contributed by atoms with Crippen LogP contribution in [-0.4, -0.2) is 37.5 Å². The molecule has 3 nitrogen and oxygen atoms in total. The Labute approximate surface area is 232 Å². The molecule has 0 fully saturated rings. The van der Waals surface area contributed by atoms with Gasteiger partial charge in [0.1, 0.15) is 12.8 Å². The molecule has 0 aliphatic carbocycles. The Morgan fingerprint density at radius 2 is 1.69 bits per heavy atom. The van der Waals surface area contributed by atoms with E-state index in [-0.39, 0.29) is 29.4 Å². The molecule has 1 aliphatic rings. The molecular formula is C30H34ClIN2O. The van der Waals surface area contributed by atoms with Crippen LogP contribution in [0.5, 0.6) is 5.75 Å². The highest BCUT2D eigenvalue weighted by molar-refractivity contribution is 6.30. The van der Waals surface area contributed by atoms with Gasteiger partial charge in [-0.15, -0.1) is 0 Å². The fraction of sp³-hybridized carbons (Fsp3) is 0.300. The van der Waals surface area contributed by atoms with Crippen molar-refractivity contribution in [1.29, 1.82) is 0 Å². The summed E-state index contributed by atoms with van der Waals surface area (Å²) in [4.78, 5) is 2.33. The number of ether oxygens (including phenoxy) is 1. The predicted octanol–water partition coefficient (Wildman–Crippen LogP) is 4.14. The first kappa shape index (κ1) is 27.3. The van der Waals surface area contributed by atoms with Gasteiger partial charge in [0, 0.05) is 53.1 Å². The van der Waals surface area contributed by atoms with Crippen LogP contribution in [0.2, 0.25) is 5.02 Å². The molecule has 0 radical (unpaired) electrons. The van der Waals surface area contributed by atoms with Gasteiger partial charge < -0.3 is 33.6 Å². The van der Waals surface area contributed by atoms with E-state index in [2.05, 4.69) is 110 Å². The standard InChI is InChI=1S/C30H34ClN2O.HI/c1-6-33(7-2)25-16-13-23(28(20-25)34-5)14-18-29-30(3,21-22-11-9-8-10-12-22)26-19-24(31)15-17-27(26)32(29)4;/h8-20H,6-7,21H2,1-5H3;1H/q+1;/p-1. The average molecular weight is 601 g/mol. The van der Waals surface area contributed by atoms with Gasteiger partial charge in [-0.1, -0.05) is 41.9 Å². The van der Waals surface area contributed by atoms with Crippen LogP contribution in [0.25, 0.3) is 6.08 Å². The summed E-state index contributed by atoms with van der Waals surface area (Å²) in [6.45, 7) is 8.60. The number of anilines is 1. The number of hydrogen-bond donors (Lipinski definition) is 0. The highest BCUT2D eigenvalue weighted by Gasteiger charge is 2.46. The Hall–Kier alpha value is -2.31. The summed E-state index contributed by atoms with van der Waals surface area (Å²) in [5, 5.41) is 0.769.